The summed E-state index contributed by atoms with van der Waals surface area (Å²) in [5.74, 6) is -1.58. The molecule has 0 spiro atoms. The molecule has 0 saturated carbocycles. The van der Waals surface area contributed by atoms with Gasteiger partial charge in [0.05, 0.1) is 15.9 Å². The summed E-state index contributed by atoms with van der Waals surface area (Å²) >= 11 is 0. The third kappa shape index (κ3) is 3.96. The molecule has 3 aromatic carbocycles. The highest BCUT2D eigenvalue weighted by Gasteiger charge is 2.17. The van der Waals surface area contributed by atoms with Gasteiger partial charge in [0.15, 0.2) is 11.6 Å². The Kier molecular flexibility index (Phi) is 5.36. The number of para-hydroxylation sites is 2. The van der Waals surface area contributed by atoms with Crippen molar-refractivity contribution in [2.45, 2.75) is 18.4 Å². The van der Waals surface area contributed by atoms with Crippen molar-refractivity contribution in [2.24, 2.45) is 0 Å². The second-order valence-corrected chi connectivity index (χ2v) is 8.68. The van der Waals surface area contributed by atoms with E-state index in [2.05, 4.69) is 4.72 Å². The summed E-state index contributed by atoms with van der Waals surface area (Å²) in [6.45, 7) is 2.37. The Morgan fingerprint density at radius 2 is 1.70 bits per heavy atom. The Balaban J connectivity index is 1.61. The van der Waals surface area contributed by atoms with Crippen molar-refractivity contribution in [1.82, 2.24) is 14.3 Å². The zero-order valence-electron chi connectivity index (χ0n) is 16.1. The second-order valence-electron chi connectivity index (χ2n) is 6.92. The van der Waals surface area contributed by atoms with Crippen LogP contribution in [0.4, 0.5) is 8.78 Å². The topological polar surface area (TPSA) is 64.0 Å². The molecule has 4 aromatic rings. The number of benzene rings is 3. The number of halogens is 2. The van der Waals surface area contributed by atoms with Crippen LogP contribution in [0.25, 0.3) is 22.4 Å². The standard InChI is InChI=1S/C22H19F2N3O2S/c1-15-6-8-16(9-7-15)22-26-20-4-2-3-5-21(20)27(22)13-12-25-30(28,29)17-10-11-18(23)19(24)14-17/h2-11,14,25H,12-13H2,1H3. The van der Waals surface area contributed by atoms with Gasteiger partial charge in [0, 0.05) is 18.7 Å². The van der Waals surface area contributed by atoms with E-state index in [0.29, 0.717) is 12.6 Å². The molecule has 8 heteroatoms. The zero-order valence-corrected chi connectivity index (χ0v) is 17.0. The predicted octanol–water partition coefficient (Wildman–Crippen LogP) is 4.27. The summed E-state index contributed by atoms with van der Waals surface area (Å²) in [5.41, 5.74) is 3.72. The van der Waals surface area contributed by atoms with E-state index in [1.165, 1.54) is 0 Å². The normalized spacial score (nSPS) is 11.8. The van der Waals surface area contributed by atoms with Gasteiger partial charge in [-0.15, -0.1) is 0 Å². The number of fused-ring (bicyclic) bond motifs is 1. The summed E-state index contributed by atoms with van der Waals surface area (Å²) in [5, 5.41) is 0. The molecule has 1 aromatic heterocycles. The van der Waals surface area contributed by atoms with Crippen LogP contribution in [-0.4, -0.2) is 24.5 Å². The molecule has 0 bridgehead atoms. The van der Waals surface area contributed by atoms with Crippen molar-refractivity contribution in [3.8, 4) is 11.4 Å². The molecule has 0 fully saturated rings. The summed E-state index contributed by atoms with van der Waals surface area (Å²) in [6, 6.07) is 18.0. The van der Waals surface area contributed by atoms with Gasteiger partial charge in [-0.05, 0) is 37.3 Å². The van der Waals surface area contributed by atoms with Gasteiger partial charge < -0.3 is 4.57 Å². The molecule has 30 heavy (non-hydrogen) atoms. The Morgan fingerprint density at radius 1 is 0.967 bits per heavy atom. The number of aromatic nitrogens is 2. The maximum Gasteiger partial charge on any atom is 0.240 e. The Labute approximate surface area is 173 Å². The molecule has 1 N–H and O–H groups in total. The van der Waals surface area contributed by atoms with Crippen LogP contribution in [0.2, 0.25) is 0 Å². The van der Waals surface area contributed by atoms with E-state index in [1.54, 1.807) is 0 Å². The maximum absolute atomic E-state index is 13.4. The number of hydrogen-bond acceptors (Lipinski definition) is 3. The average molecular weight is 427 g/mol. The van der Waals surface area contributed by atoms with Crippen LogP contribution in [0.3, 0.4) is 0 Å². The van der Waals surface area contributed by atoms with Crippen LogP contribution in [0.5, 0.6) is 0 Å². The van der Waals surface area contributed by atoms with Gasteiger partial charge in [-0.25, -0.2) is 26.9 Å². The van der Waals surface area contributed by atoms with Crippen LogP contribution in [0.15, 0.2) is 71.6 Å². The molecule has 4 rings (SSSR count). The quantitative estimate of drug-likeness (QED) is 0.500. The highest BCUT2D eigenvalue weighted by atomic mass is 32.2. The van der Waals surface area contributed by atoms with Gasteiger partial charge in [-0.3, -0.25) is 0 Å². The molecule has 0 aliphatic carbocycles. The van der Waals surface area contributed by atoms with E-state index in [0.717, 1.165) is 40.1 Å². The fraction of sp³-hybridized carbons (Fsp3) is 0.136. The van der Waals surface area contributed by atoms with Crippen LogP contribution in [-0.2, 0) is 16.6 Å². The molecule has 0 saturated heterocycles. The molecule has 0 amide bonds. The number of hydrogen-bond donors (Lipinski definition) is 1. The molecular formula is C22H19F2N3O2S. The Hall–Kier alpha value is -3.10. The molecule has 0 unspecified atom stereocenters. The van der Waals surface area contributed by atoms with Crippen molar-refractivity contribution in [3.63, 3.8) is 0 Å². The minimum atomic E-state index is -3.98. The highest BCUT2D eigenvalue weighted by molar-refractivity contribution is 7.89. The fourth-order valence-corrected chi connectivity index (χ4v) is 4.28. The largest absolute Gasteiger partial charge is 0.323 e. The summed E-state index contributed by atoms with van der Waals surface area (Å²) in [6.07, 6.45) is 0. The maximum atomic E-state index is 13.4. The molecular weight excluding hydrogens is 408 g/mol. The molecule has 1 heterocycles. The van der Waals surface area contributed by atoms with Crippen LogP contribution < -0.4 is 4.72 Å². The monoisotopic (exact) mass is 427 g/mol. The molecule has 0 aliphatic rings. The van der Waals surface area contributed by atoms with E-state index in [4.69, 9.17) is 4.98 Å². The number of imidazole rings is 1. The first-order chi connectivity index (χ1) is 14.3. The molecule has 154 valence electrons. The van der Waals surface area contributed by atoms with E-state index in [-0.39, 0.29) is 11.4 Å². The average Bonchev–Trinajstić information content (AvgIpc) is 3.09. The van der Waals surface area contributed by atoms with Gasteiger partial charge in [0.1, 0.15) is 5.82 Å². The second kappa shape index (κ2) is 7.97. The lowest BCUT2D eigenvalue weighted by molar-refractivity contribution is 0.504. The van der Waals surface area contributed by atoms with Crippen LogP contribution in [0, 0.1) is 18.6 Å². The number of nitrogens with zero attached hydrogens (tertiary/aromatic N) is 2. The van der Waals surface area contributed by atoms with E-state index in [9.17, 15) is 17.2 Å². The fourth-order valence-electron chi connectivity index (χ4n) is 3.24. The smallest absolute Gasteiger partial charge is 0.240 e. The summed E-state index contributed by atoms with van der Waals surface area (Å²) < 4.78 is 55.8. The number of sulfonamides is 1. The van der Waals surface area contributed by atoms with Crippen molar-refractivity contribution >= 4 is 21.1 Å². The lowest BCUT2D eigenvalue weighted by atomic mass is 10.1. The predicted molar refractivity (Wildman–Crippen MR) is 111 cm³/mol. The van der Waals surface area contributed by atoms with Crippen molar-refractivity contribution in [1.29, 1.82) is 0 Å². The van der Waals surface area contributed by atoms with E-state index >= 15 is 0 Å². The Bertz CT molecular complexity index is 1320. The van der Waals surface area contributed by atoms with Gasteiger partial charge in [-0.1, -0.05) is 42.0 Å². The SMILES string of the molecule is Cc1ccc(-c2nc3ccccc3n2CCNS(=O)(=O)c2ccc(F)c(F)c2)cc1. The molecule has 0 radical (unpaired) electrons. The first-order valence-corrected chi connectivity index (χ1v) is 10.8. The molecule has 5 nitrogen and oxygen atoms in total. The van der Waals surface area contributed by atoms with Gasteiger partial charge in [0.25, 0.3) is 0 Å². The van der Waals surface area contributed by atoms with Crippen molar-refractivity contribution in [2.75, 3.05) is 6.54 Å². The number of nitrogens with one attached hydrogen (secondary N) is 1. The number of rotatable bonds is 6. The molecule has 0 aliphatic heterocycles. The van der Waals surface area contributed by atoms with Gasteiger partial charge >= 0.3 is 0 Å². The first kappa shape index (κ1) is 20.2. The molecule has 0 atom stereocenters. The zero-order chi connectivity index (χ0) is 21.3. The number of aryl methyl sites for hydroxylation is 1. The third-order valence-corrected chi connectivity index (χ3v) is 6.25. The third-order valence-electron chi connectivity index (χ3n) is 4.79. The minimum Gasteiger partial charge on any atom is -0.323 e. The lowest BCUT2D eigenvalue weighted by Crippen LogP contribution is -2.27. The van der Waals surface area contributed by atoms with Crippen molar-refractivity contribution in [3.05, 3.63) is 83.9 Å². The van der Waals surface area contributed by atoms with Crippen LogP contribution in [0.1, 0.15) is 5.56 Å². The van der Waals surface area contributed by atoms with Gasteiger partial charge in [0.2, 0.25) is 10.0 Å². The van der Waals surface area contributed by atoms with Gasteiger partial charge in [-0.2, -0.15) is 0 Å². The summed E-state index contributed by atoms with van der Waals surface area (Å²) in [4.78, 5) is 4.38. The first-order valence-electron chi connectivity index (χ1n) is 9.32. The van der Waals surface area contributed by atoms with E-state index in [1.807, 2.05) is 60.0 Å². The Morgan fingerprint density at radius 3 is 2.43 bits per heavy atom. The minimum absolute atomic E-state index is 0.0561. The lowest BCUT2D eigenvalue weighted by Gasteiger charge is -2.11. The van der Waals surface area contributed by atoms with Crippen molar-refractivity contribution < 1.29 is 17.2 Å². The van der Waals surface area contributed by atoms with Crippen LogP contribution >= 0.6 is 0 Å². The summed E-state index contributed by atoms with van der Waals surface area (Å²) in [7, 11) is -3.98. The van der Waals surface area contributed by atoms with E-state index < -0.39 is 21.7 Å². The highest BCUT2D eigenvalue weighted by Crippen LogP contribution is 2.25.